The van der Waals surface area contributed by atoms with Crippen LogP contribution in [0.25, 0.3) is 0 Å². The molecule has 0 spiro atoms. The second kappa shape index (κ2) is 8.81. The van der Waals surface area contributed by atoms with E-state index in [9.17, 15) is 4.79 Å². The number of para-hydroxylation sites is 1. The molecule has 0 saturated carbocycles. The first-order valence-electron chi connectivity index (χ1n) is 8.89. The van der Waals surface area contributed by atoms with Gasteiger partial charge in [0.2, 0.25) is 11.9 Å². The lowest BCUT2D eigenvalue weighted by Crippen LogP contribution is -2.11. The van der Waals surface area contributed by atoms with Crippen molar-refractivity contribution in [1.29, 1.82) is 0 Å². The van der Waals surface area contributed by atoms with Gasteiger partial charge in [0.25, 0.3) is 0 Å². The molecular formula is C20H22N6O2. The molecule has 3 rings (SSSR count). The molecule has 144 valence electrons. The summed E-state index contributed by atoms with van der Waals surface area (Å²) in [6.45, 7) is 4.47. The minimum absolute atomic E-state index is 0.139. The highest BCUT2D eigenvalue weighted by Gasteiger charge is 2.08. The summed E-state index contributed by atoms with van der Waals surface area (Å²) in [6.07, 6.45) is 0. The van der Waals surface area contributed by atoms with Gasteiger partial charge in [-0.1, -0.05) is 18.2 Å². The van der Waals surface area contributed by atoms with Gasteiger partial charge in [0.15, 0.2) is 5.82 Å². The van der Waals surface area contributed by atoms with Crippen LogP contribution in [0.2, 0.25) is 0 Å². The fourth-order valence-corrected chi connectivity index (χ4v) is 2.53. The number of carbonyl (C=O) groups excluding carboxylic acids is 1. The Morgan fingerprint density at radius 3 is 2.54 bits per heavy atom. The third-order valence-electron chi connectivity index (χ3n) is 3.94. The molecule has 0 atom stereocenters. The van der Waals surface area contributed by atoms with Crippen molar-refractivity contribution in [3.8, 4) is 0 Å². The van der Waals surface area contributed by atoms with Gasteiger partial charge in [-0.3, -0.25) is 0 Å². The monoisotopic (exact) mass is 378 g/mol. The van der Waals surface area contributed by atoms with Crippen molar-refractivity contribution in [1.82, 2.24) is 15.0 Å². The standard InChI is InChI=1S/C20H22N6O2/c1-3-28-18(27)14-8-10-15(11-9-14)22-12-17-24-19(21)26-20(25-17)23-16-7-5-4-6-13(16)2/h4-11,22H,3,12H2,1-2H3,(H3,21,23,24,25,26). The maximum absolute atomic E-state index is 11.7. The number of anilines is 4. The highest BCUT2D eigenvalue weighted by Crippen LogP contribution is 2.18. The molecule has 3 aromatic rings. The van der Waals surface area contributed by atoms with Crippen LogP contribution in [0.5, 0.6) is 0 Å². The van der Waals surface area contributed by atoms with Gasteiger partial charge in [0, 0.05) is 11.4 Å². The summed E-state index contributed by atoms with van der Waals surface area (Å²) in [5, 5.41) is 6.36. The maximum atomic E-state index is 11.7. The molecule has 8 heteroatoms. The number of aryl methyl sites for hydroxylation is 1. The fourth-order valence-electron chi connectivity index (χ4n) is 2.53. The van der Waals surface area contributed by atoms with E-state index in [1.807, 2.05) is 31.2 Å². The van der Waals surface area contributed by atoms with Gasteiger partial charge in [0.1, 0.15) is 0 Å². The van der Waals surface area contributed by atoms with E-state index >= 15 is 0 Å². The molecule has 0 unspecified atom stereocenters. The Bertz CT molecular complexity index is 959. The van der Waals surface area contributed by atoms with Crippen molar-refractivity contribution >= 4 is 29.2 Å². The summed E-state index contributed by atoms with van der Waals surface area (Å²) in [5.74, 6) is 0.682. The minimum atomic E-state index is -0.341. The number of esters is 1. The fraction of sp³-hybridized carbons (Fsp3) is 0.200. The van der Waals surface area contributed by atoms with E-state index in [0.29, 0.717) is 30.5 Å². The molecule has 2 aromatic carbocycles. The van der Waals surface area contributed by atoms with Crippen LogP contribution in [0.15, 0.2) is 48.5 Å². The number of rotatable bonds is 7. The molecule has 0 bridgehead atoms. The third kappa shape index (κ3) is 4.94. The zero-order chi connectivity index (χ0) is 19.9. The van der Waals surface area contributed by atoms with Gasteiger partial charge in [-0.25, -0.2) is 4.79 Å². The predicted octanol–water partition coefficient (Wildman–Crippen LogP) is 3.29. The highest BCUT2D eigenvalue weighted by molar-refractivity contribution is 5.89. The number of carbonyl (C=O) groups is 1. The molecular weight excluding hydrogens is 356 g/mol. The molecule has 0 saturated heterocycles. The number of nitrogens with two attached hydrogens (primary N) is 1. The largest absolute Gasteiger partial charge is 0.462 e. The van der Waals surface area contributed by atoms with Crippen molar-refractivity contribution in [2.75, 3.05) is 23.0 Å². The molecule has 0 aliphatic heterocycles. The maximum Gasteiger partial charge on any atom is 0.338 e. The summed E-state index contributed by atoms with van der Waals surface area (Å²) >= 11 is 0. The van der Waals surface area contributed by atoms with Crippen LogP contribution >= 0.6 is 0 Å². The topological polar surface area (TPSA) is 115 Å². The highest BCUT2D eigenvalue weighted by atomic mass is 16.5. The van der Waals surface area contributed by atoms with Gasteiger partial charge in [0.05, 0.1) is 18.7 Å². The van der Waals surface area contributed by atoms with E-state index < -0.39 is 0 Å². The third-order valence-corrected chi connectivity index (χ3v) is 3.94. The molecule has 0 fully saturated rings. The molecule has 28 heavy (non-hydrogen) atoms. The van der Waals surface area contributed by atoms with Crippen molar-refractivity contribution in [2.45, 2.75) is 20.4 Å². The van der Waals surface area contributed by atoms with Crippen LogP contribution in [0.4, 0.5) is 23.3 Å². The molecule has 0 radical (unpaired) electrons. The molecule has 1 aromatic heterocycles. The van der Waals surface area contributed by atoms with Crippen LogP contribution in [0.1, 0.15) is 28.7 Å². The first-order valence-corrected chi connectivity index (χ1v) is 8.89. The summed E-state index contributed by atoms with van der Waals surface area (Å²) in [6, 6.07) is 14.8. The minimum Gasteiger partial charge on any atom is -0.462 e. The first-order chi connectivity index (χ1) is 13.5. The summed E-state index contributed by atoms with van der Waals surface area (Å²) < 4.78 is 4.97. The molecule has 0 aliphatic carbocycles. The van der Waals surface area contributed by atoms with E-state index in [-0.39, 0.29) is 11.9 Å². The second-order valence-corrected chi connectivity index (χ2v) is 6.02. The number of nitrogens with zero attached hydrogens (tertiary/aromatic N) is 3. The molecule has 4 N–H and O–H groups in total. The van der Waals surface area contributed by atoms with Crippen LogP contribution in [0.3, 0.4) is 0 Å². The van der Waals surface area contributed by atoms with E-state index in [1.165, 1.54) is 0 Å². The van der Waals surface area contributed by atoms with Crippen molar-refractivity contribution in [3.05, 3.63) is 65.5 Å². The van der Waals surface area contributed by atoms with Crippen molar-refractivity contribution in [2.24, 2.45) is 0 Å². The van der Waals surface area contributed by atoms with E-state index in [2.05, 4.69) is 25.6 Å². The molecule has 8 nitrogen and oxygen atoms in total. The van der Waals surface area contributed by atoms with E-state index in [0.717, 1.165) is 16.9 Å². The van der Waals surface area contributed by atoms with Crippen LogP contribution < -0.4 is 16.4 Å². The van der Waals surface area contributed by atoms with E-state index in [4.69, 9.17) is 10.5 Å². The smallest absolute Gasteiger partial charge is 0.338 e. The van der Waals surface area contributed by atoms with Crippen molar-refractivity contribution < 1.29 is 9.53 Å². The Balaban J connectivity index is 1.67. The second-order valence-electron chi connectivity index (χ2n) is 6.02. The lowest BCUT2D eigenvalue weighted by atomic mass is 10.2. The number of nitrogens with one attached hydrogen (secondary N) is 2. The zero-order valence-electron chi connectivity index (χ0n) is 15.8. The average Bonchev–Trinajstić information content (AvgIpc) is 2.68. The number of benzene rings is 2. The quantitative estimate of drug-likeness (QED) is 0.537. The number of aromatic nitrogens is 3. The number of nitrogen functional groups attached to an aromatic ring is 1. The van der Waals surface area contributed by atoms with Crippen LogP contribution in [-0.4, -0.2) is 27.5 Å². The Morgan fingerprint density at radius 2 is 1.82 bits per heavy atom. The summed E-state index contributed by atoms with van der Waals surface area (Å²) in [7, 11) is 0. The van der Waals surface area contributed by atoms with Gasteiger partial charge in [-0.2, -0.15) is 15.0 Å². The lowest BCUT2D eigenvalue weighted by Gasteiger charge is -2.10. The Hall–Kier alpha value is -3.68. The van der Waals surface area contributed by atoms with Gasteiger partial charge in [-0.05, 0) is 49.7 Å². The normalized spacial score (nSPS) is 10.4. The zero-order valence-corrected chi connectivity index (χ0v) is 15.8. The van der Waals surface area contributed by atoms with E-state index in [1.54, 1.807) is 31.2 Å². The summed E-state index contributed by atoms with van der Waals surface area (Å²) in [5.41, 5.74) is 9.12. The Labute approximate surface area is 163 Å². The van der Waals surface area contributed by atoms with Gasteiger partial charge in [-0.15, -0.1) is 0 Å². The molecule has 1 heterocycles. The number of ether oxygens (including phenoxy) is 1. The van der Waals surface area contributed by atoms with Gasteiger partial charge < -0.3 is 21.1 Å². The summed E-state index contributed by atoms with van der Waals surface area (Å²) in [4.78, 5) is 24.4. The van der Waals surface area contributed by atoms with Crippen LogP contribution in [0, 0.1) is 6.92 Å². The Kier molecular flexibility index (Phi) is 6.01. The Morgan fingerprint density at radius 1 is 1.07 bits per heavy atom. The SMILES string of the molecule is CCOC(=O)c1ccc(NCc2nc(N)nc(Nc3ccccc3C)n2)cc1. The predicted molar refractivity (Wildman–Crippen MR) is 108 cm³/mol. The number of hydrogen-bond acceptors (Lipinski definition) is 8. The van der Waals surface area contributed by atoms with Gasteiger partial charge >= 0.3 is 5.97 Å². The van der Waals surface area contributed by atoms with Crippen LogP contribution in [-0.2, 0) is 11.3 Å². The number of hydrogen-bond donors (Lipinski definition) is 3. The molecule has 0 amide bonds. The molecule has 0 aliphatic rings. The average molecular weight is 378 g/mol. The van der Waals surface area contributed by atoms with Crippen molar-refractivity contribution in [3.63, 3.8) is 0 Å². The first kappa shape index (κ1) is 19.1. The lowest BCUT2D eigenvalue weighted by molar-refractivity contribution is 0.0526.